The van der Waals surface area contributed by atoms with Crippen molar-refractivity contribution in [3.8, 4) is 5.75 Å². The van der Waals surface area contributed by atoms with Crippen molar-refractivity contribution in [2.45, 2.75) is 25.4 Å². The average molecular weight is 462 g/mol. The summed E-state index contributed by atoms with van der Waals surface area (Å²) in [4.78, 5) is -0.181. The molecule has 0 radical (unpaired) electrons. The summed E-state index contributed by atoms with van der Waals surface area (Å²) in [6, 6.07) is 3.22. The van der Waals surface area contributed by atoms with Crippen molar-refractivity contribution in [2.75, 3.05) is 39.3 Å². The van der Waals surface area contributed by atoms with Crippen molar-refractivity contribution in [1.82, 2.24) is 12.9 Å². The van der Waals surface area contributed by atoms with Gasteiger partial charge in [-0.05, 0) is 18.2 Å². The minimum Gasteiger partial charge on any atom is -0.433 e. The number of hydrogen-bond acceptors (Lipinski definition) is 5. The largest absolute Gasteiger partial charge is 0.433 e. The molecule has 0 saturated carbocycles. The van der Waals surface area contributed by atoms with Crippen LogP contribution in [0.15, 0.2) is 23.1 Å². The fourth-order valence-corrected chi connectivity index (χ4v) is 6.18. The summed E-state index contributed by atoms with van der Waals surface area (Å²) >= 11 is 5.83. The predicted octanol–water partition coefficient (Wildman–Crippen LogP) is 1.83. The Labute approximate surface area is 168 Å². The molecule has 1 saturated heterocycles. The maximum atomic E-state index is 12.8. The molecule has 1 aromatic carbocycles. The second-order valence-corrected chi connectivity index (χ2v) is 10.1. The van der Waals surface area contributed by atoms with E-state index in [0.717, 1.165) is 22.5 Å². The summed E-state index contributed by atoms with van der Waals surface area (Å²) in [7, 11) is -7.60. The van der Waals surface area contributed by atoms with Gasteiger partial charge >= 0.3 is 6.61 Å². The monoisotopic (exact) mass is 461 g/mol. The van der Waals surface area contributed by atoms with Crippen LogP contribution in [0.25, 0.3) is 0 Å². The van der Waals surface area contributed by atoms with Gasteiger partial charge in [-0.3, -0.25) is 0 Å². The highest BCUT2D eigenvalue weighted by molar-refractivity contribution is 7.89. The van der Waals surface area contributed by atoms with Crippen LogP contribution in [0.3, 0.4) is 0 Å². The molecular formula is C15H22ClF2N3O5S2. The Morgan fingerprint density at radius 2 is 1.61 bits per heavy atom. The minimum absolute atomic E-state index is 0.0123. The predicted molar refractivity (Wildman–Crippen MR) is 100 cm³/mol. The van der Waals surface area contributed by atoms with Crippen molar-refractivity contribution < 1.29 is 30.4 Å². The molecule has 1 aliphatic heterocycles. The van der Waals surface area contributed by atoms with Gasteiger partial charge in [0.05, 0.1) is 9.92 Å². The summed E-state index contributed by atoms with van der Waals surface area (Å²) in [6.07, 6.45) is 0. The van der Waals surface area contributed by atoms with Gasteiger partial charge in [-0.25, -0.2) is 8.42 Å². The molecule has 13 heteroatoms. The van der Waals surface area contributed by atoms with Gasteiger partial charge in [0, 0.05) is 39.3 Å². The Kier molecular flexibility index (Phi) is 7.62. The van der Waals surface area contributed by atoms with Crippen LogP contribution < -0.4 is 4.74 Å². The van der Waals surface area contributed by atoms with Crippen LogP contribution in [0.5, 0.6) is 5.75 Å². The summed E-state index contributed by atoms with van der Waals surface area (Å²) in [5.74, 6) is -0.328. The molecule has 0 atom stereocenters. The molecule has 2 rings (SSSR count). The molecule has 160 valence electrons. The minimum atomic E-state index is -3.96. The number of rotatable bonds is 8. The molecule has 0 N–H and O–H groups in total. The van der Waals surface area contributed by atoms with Crippen LogP contribution in [0.4, 0.5) is 8.78 Å². The van der Waals surface area contributed by atoms with Gasteiger partial charge in [-0.1, -0.05) is 25.4 Å². The van der Waals surface area contributed by atoms with Gasteiger partial charge in [0.1, 0.15) is 5.75 Å². The van der Waals surface area contributed by atoms with E-state index in [0.29, 0.717) is 13.1 Å². The molecule has 0 amide bonds. The lowest BCUT2D eigenvalue weighted by molar-refractivity contribution is -0.0498. The van der Waals surface area contributed by atoms with E-state index in [2.05, 4.69) is 4.74 Å². The molecule has 0 bridgehead atoms. The third kappa shape index (κ3) is 4.92. The van der Waals surface area contributed by atoms with E-state index in [-0.39, 0.29) is 41.8 Å². The first-order valence-corrected chi connectivity index (χ1v) is 11.7. The standard InChI is InChI=1S/C15H22ClF2N3O5S2/c1-3-19(4-2)28(24,25)21-9-7-20(8-10-21)27(22,23)12-5-6-14(13(16)11-12)26-15(17)18/h5-6,11,15H,3-4,7-10H2,1-2H3. The number of nitrogens with zero attached hydrogens (tertiary/aromatic N) is 3. The lowest BCUT2D eigenvalue weighted by Gasteiger charge is -2.35. The Hall–Kier alpha value is -1.05. The third-order valence-electron chi connectivity index (χ3n) is 4.31. The lowest BCUT2D eigenvalue weighted by Crippen LogP contribution is -2.54. The first-order valence-electron chi connectivity index (χ1n) is 8.53. The molecule has 1 aliphatic rings. The molecule has 28 heavy (non-hydrogen) atoms. The zero-order valence-electron chi connectivity index (χ0n) is 15.4. The Balaban J connectivity index is 2.14. The van der Waals surface area contributed by atoms with Crippen LogP contribution >= 0.6 is 11.6 Å². The number of hydrogen-bond donors (Lipinski definition) is 0. The third-order valence-corrected chi connectivity index (χ3v) is 8.69. The second kappa shape index (κ2) is 9.18. The second-order valence-electron chi connectivity index (χ2n) is 5.87. The number of ether oxygens (including phenoxy) is 1. The van der Waals surface area contributed by atoms with Gasteiger partial charge < -0.3 is 4.74 Å². The summed E-state index contributed by atoms with van der Waals surface area (Å²) in [6.45, 7) is 0.981. The van der Waals surface area contributed by atoms with Crippen molar-refractivity contribution >= 4 is 31.8 Å². The van der Waals surface area contributed by atoms with Crippen molar-refractivity contribution in [3.63, 3.8) is 0 Å². The Bertz CT molecular complexity index is 887. The van der Waals surface area contributed by atoms with Crippen LogP contribution in [0, 0.1) is 0 Å². The summed E-state index contributed by atoms with van der Waals surface area (Å²) in [5, 5.41) is -0.260. The topological polar surface area (TPSA) is 87.2 Å². The highest BCUT2D eigenvalue weighted by Crippen LogP contribution is 2.30. The number of halogens is 3. The van der Waals surface area contributed by atoms with E-state index in [1.165, 1.54) is 8.61 Å². The fraction of sp³-hybridized carbons (Fsp3) is 0.600. The molecule has 0 aromatic heterocycles. The highest BCUT2D eigenvalue weighted by Gasteiger charge is 2.35. The van der Waals surface area contributed by atoms with Crippen LogP contribution in [-0.2, 0) is 20.2 Å². The van der Waals surface area contributed by atoms with Crippen molar-refractivity contribution in [3.05, 3.63) is 23.2 Å². The van der Waals surface area contributed by atoms with Gasteiger partial charge in [0.25, 0.3) is 10.2 Å². The Morgan fingerprint density at radius 3 is 2.07 bits per heavy atom. The van der Waals surface area contributed by atoms with Crippen LogP contribution in [-0.4, -0.2) is 75.6 Å². The van der Waals surface area contributed by atoms with Crippen molar-refractivity contribution in [2.24, 2.45) is 0 Å². The SMILES string of the molecule is CCN(CC)S(=O)(=O)N1CCN(S(=O)(=O)c2ccc(OC(F)F)c(Cl)c2)CC1. The average Bonchev–Trinajstić information content (AvgIpc) is 2.64. The van der Waals surface area contributed by atoms with Gasteiger partial charge in [-0.2, -0.15) is 30.1 Å². The summed E-state index contributed by atoms with van der Waals surface area (Å²) in [5.41, 5.74) is 0. The van der Waals surface area contributed by atoms with E-state index in [1.807, 2.05) is 0 Å². The maximum Gasteiger partial charge on any atom is 0.387 e. The fourth-order valence-electron chi connectivity index (χ4n) is 2.84. The molecule has 1 heterocycles. The van der Waals surface area contributed by atoms with Crippen LogP contribution in [0.2, 0.25) is 5.02 Å². The van der Waals surface area contributed by atoms with E-state index >= 15 is 0 Å². The van der Waals surface area contributed by atoms with Gasteiger partial charge in [0.15, 0.2) is 0 Å². The highest BCUT2D eigenvalue weighted by atomic mass is 35.5. The summed E-state index contributed by atoms with van der Waals surface area (Å²) < 4.78 is 83.1. The molecule has 1 aromatic rings. The zero-order valence-corrected chi connectivity index (χ0v) is 17.8. The number of alkyl halides is 2. The van der Waals surface area contributed by atoms with E-state index in [9.17, 15) is 25.6 Å². The lowest BCUT2D eigenvalue weighted by atomic mass is 10.3. The molecule has 0 unspecified atom stereocenters. The quantitative estimate of drug-likeness (QED) is 0.589. The normalized spacial score (nSPS) is 17.4. The van der Waals surface area contributed by atoms with Gasteiger partial charge in [0.2, 0.25) is 10.0 Å². The van der Waals surface area contributed by atoms with Crippen LogP contribution in [0.1, 0.15) is 13.8 Å². The number of benzene rings is 1. The van der Waals surface area contributed by atoms with E-state index < -0.39 is 26.8 Å². The Morgan fingerprint density at radius 1 is 1.07 bits per heavy atom. The maximum absolute atomic E-state index is 12.8. The smallest absolute Gasteiger partial charge is 0.387 e. The molecule has 0 spiro atoms. The zero-order chi connectivity index (χ0) is 21.1. The van der Waals surface area contributed by atoms with Crippen molar-refractivity contribution in [1.29, 1.82) is 0 Å². The molecule has 0 aliphatic carbocycles. The first-order chi connectivity index (χ1) is 13.0. The van der Waals surface area contributed by atoms with E-state index in [1.54, 1.807) is 13.8 Å². The number of sulfonamides is 1. The number of piperazine rings is 1. The molecular weight excluding hydrogens is 440 g/mol. The first kappa shape index (κ1) is 23.2. The van der Waals surface area contributed by atoms with E-state index in [4.69, 9.17) is 11.6 Å². The molecule has 8 nitrogen and oxygen atoms in total. The van der Waals surface area contributed by atoms with Gasteiger partial charge in [-0.15, -0.1) is 0 Å². The molecule has 1 fully saturated rings.